The van der Waals surface area contributed by atoms with Crippen LogP contribution in [-0.4, -0.2) is 46.7 Å². The standard InChI is InChI=1S/C12H18N2O3/c1-12(2,3)9(15)6-14-10(16)7-13(11(14)17)8-4-5-8/h8H,4-7H2,1-3H3. The van der Waals surface area contributed by atoms with E-state index in [0.29, 0.717) is 0 Å². The van der Waals surface area contributed by atoms with Crippen LogP contribution < -0.4 is 0 Å². The van der Waals surface area contributed by atoms with Crippen molar-refractivity contribution in [2.24, 2.45) is 5.41 Å². The van der Waals surface area contributed by atoms with Crippen molar-refractivity contribution in [3.05, 3.63) is 0 Å². The number of ketones is 1. The van der Waals surface area contributed by atoms with E-state index in [9.17, 15) is 14.4 Å². The maximum atomic E-state index is 11.9. The second-order valence-corrected chi connectivity index (χ2v) is 5.79. The number of carbonyl (C=O) groups excluding carboxylic acids is 3. The molecule has 0 N–H and O–H groups in total. The number of imide groups is 1. The van der Waals surface area contributed by atoms with E-state index in [4.69, 9.17) is 0 Å². The molecular weight excluding hydrogens is 220 g/mol. The predicted molar refractivity (Wildman–Crippen MR) is 61.3 cm³/mol. The van der Waals surface area contributed by atoms with Crippen molar-refractivity contribution in [3.8, 4) is 0 Å². The van der Waals surface area contributed by atoms with E-state index >= 15 is 0 Å². The lowest BCUT2D eigenvalue weighted by Gasteiger charge is -2.21. The van der Waals surface area contributed by atoms with Crippen molar-refractivity contribution in [2.45, 2.75) is 39.7 Å². The normalized spacial score (nSPS) is 21.4. The van der Waals surface area contributed by atoms with Crippen LogP contribution in [0.25, 0.3) is 0 Å². The Hall–Kier alpha value is -1.39. The van der Waals surface area contributed by atoms with Crippen LogP contribution in [-0.2, 0) is 9.59 Å². The van der Waals surface area contributed by atoms with Crippen LogP contribution in [0, 0.1) is 5.41 Å². The van der Waals surface area contributed by atoms with Crippen molar-refractivity contribution >= 4 is 17.7 Å². The van der Waals surface area contributed by atoms with Crippen molar-refractivity contribution in [1.82, 2.24) is 9.80 Å². The summed E-state index contributed by atoms with van der Waals surface area (Å²) in [5.74, 6) is -0.337. The molecule has 17 heavy (non-hydrogen) atoms. The topological polar surface area (TPSA) is 57.7 Å². The smallest absolute Gasteiger partial charge is 0.312 e. The molecule has 0 unspecified atom stereocenters. The van der Waals surface area contributed by atoms with Gasteiger partial charge in [-0.1, -0.05) is 20.8 Å². The van der Waals surface area contributed by atoms with Gasteiger partial charge in [0.25, 0.3) is 5.91 Å². The molecule has 5 nitrogen and oxygen atoms in total. The fourth-order valence-corrected chi connectivity index (χ4v) is 1.77. The lowest BCUT2D eigenvalue weighted by atomic mass is 9.90. The second-order valence-electron chi connectivity index (χ2n) is 5.79. The summed E-state index contributed by atoms with van der Waals surface area (Å²) in [5, 5.41) is 0. The van der Waals surface area contributed by atoms with Gasteiger partial charge in [-0.05, 0) is 12.8 Å². The Labute approximate surface area is 101 Å². The number of carbonyl (C=O) groups is 3. The molecule has 2 fully saturated rings. The Bertz CT molecular complexity index is 380. The van der Waals surface area contributed by atoms with Crippen molar-refractivity contribution in [2.75, 3.05) is 13.1 Å². The van der Waals surface area contributed by atoms with Gasteiger partial charge < -0.3 is 4.90 Å². The van der Waals surface area contributed by atoms with Gasteiger partial charge in [-0.3, -0.25) is 14.5 Å². The van der Waals surface area contributed by atoms with E-state index < -0.39 is 5.41 Å². The van der Waals surface area contributed by atoms with Gasteiger partial charge in [0.05, 0.1) is 6.54 Å². The molecule has 1 aliphatic carbocycles. The molecule has 0 bridgehead atoms. The third-order valence-electron chi connectivity index (χ3n) is 3.21. The lowest BCUT2D eigenvalue weighted by molar-refractivity contribution is -0.133. The number of amides is 3. The summed E-state index contributed by atoms with van der Waals surface area (Å²) in [6.07, 6.45) is 1.94. The fourth-order valence-electron chi connectivity index (χ4n) is 1.77. The van der Waals surface area contributed by atoms with Crippen LogP contribution in [0.1, 0.15) is 33.6 Å². The highest BCUT2D eigenvalue weighted by molar-refractivity contribution is 6.05. The van der Waals surface area contributed by atoms with Gasteiger partial charge in [-0.2, -0.15) is 0 Å². The Morgan fingerprint density at radius 3 is 2.35 bits per heavy atom. The van der Waals surface area contributed by atoms with Gasteiger partial charge in [0.2, 0.25) is 0 Å². The minimum absolute atomic E-state index is 0.0863. The average molecular weight is 238 g/mol. The van der Waals surface area contributed by atoms with Crippen molar-refractivity contribution < 1.29 is 14.4 Å². The summed E-state index contributed by atoms with van der Waals surface area (Å²) in [7, 11) is 0. The summed E-state index contributed by atoms with van der Waals surface area (Å²) in [5.41, 5.74) is -0.520. The van der Waals surface area contributed by atoms with E-state index in [2.05, 4.69) is 0 Å². The first-order valence-electron chi connectivity index (χ1n) is 5.95. The maximum Gasteiger partial charge on any atom is 0.327 e. The molecule has 0 radical (unpaired) electrons. The third kappa shape index (κ3) is 2.33. The fraction of sp³-hybridized carbons (Fsp3) is 0.750. The molecule has 0 atom stereocenters. The van der Waals surface area contributed by atoms with Gasteiger partial charge in [-0.25, -0.2) is 4.79 Å². The van der Waals surface area contributed by atoms with Crippen LogP contribution in [0.4, 0.5) is 4.79 Å². The van der Waals surface area contributed by atoms with Crippen LogP contribution in [0.15, 0.2) is 0 Å². The van der Waals surface area contributed by atoms with Gasteiger partial charge in [0.1, 0.15) is 6.54 Å². The number of hydrogen-bond donors (Lipinski definition) is 0. The molecule has 1 heterocycles. The zero-order valence-electron chi connectivity index (χ0n) is 10.5. The molecule has 0 aromatic heterocycles. The minimum Gasteiger partial charge on any atom is -0.312 e. The van der Waals surface area contributed by atoms with Crippen molar-refractivity contribution in [3.63, 3.8) is 0 Å². The third-order valence-corrected chi connectivity index (χ3v) is 3.21. The van der Waals surface area contributed by atoms with Crippen LogP contribution in [0.5, 0.6) is 0 Å². The van der Waals surface area contributed by atoms with E-state index in [1.807, 2.05) is 0 Å². The van der Waals surface area contributed by atoms with Gasteiger partial charge in [0, 0.05) is 11.5 Å². The largest absolute Gasteiger partial charge is 0.327 e. The maximum absolute atomic E-state index is 11.9. The second kappa shape index (κ2) is 3.82. The molecule has 1 saturated carbocycles. The number of nitrogens with zero attached hydrogens (tertiary/aromatic N) is 2. The van der Waals surface area contributed by atoms with Gasteiger partial charge >= 0.3 is 6.03 Å². The Balaban J connectivity index is 2.04. The van der Waals surface area contributed by atoms with Crippen LogP contribution in [0.3, 0.4) is 0 Å². The zero-order valence-corrected chi connectivity index (χ0v) is 10.5. The zero-order chi connectivity index (χ0) is 12.8. The van der Waals surface area contributed by atoms with E-state index in [1.165, 1.54) is 0 Å². The lowest BCUT2D eigenvalue weighted by Crippen LogP contribution is -2.40. The minimum atomic E-state index is -0.520. The van der Waals surface area contributed by atoms with E-state index in [-0.39, 0.29) is 36.9 Å². The molecule has 0 aromatic rings. The summed E-state index contributed by atoms with van der Waals surface area (Å²) in [6.45, 7) is 5.42. The van der Waals surface area contributed by atoms with Crippen LogP contribution >= 0.6 is 0 Å². The molecule has 0 aromatic carbocycles. The number of urea groups is 1. The summed E-state index contributed by atoms with van der Waals surface area (Å²) < 4.78 is 0. The molecule has 2 aliphatic rings. The SMILES string of the molecule is CC(C)(C)C(=O)CN1C(=O)CN(C2CC2)C1=O. The predicted octanol–water partition coefficient (Wildman–Crippen LogP) is 1.03. The highest BCUT2D eigenvalue weighted by Crippen LogP contribution is 2.30. The first kappa shape index (κ1) is 12.1. The molecule has 1 saturated heterocycles. The molecular formula is C12H18N2O3. The first-order valence-corrected chi connectivity index (χ1v) is 5.95. The highest BCUT2D eigenvalue weighted by atomic mass is 16.2. The van der Waals surface area contributed by atoms with Gasteiger partial charge in [0.15, 0.2) is 5.78 Å². The van der Waals surface area contributed by atoms with Gasteiger partial charge in [-0.15, -0.1) is 0 Å². The Morgan fingerprint density at radius 1 is 1.29 bits per heavy atom. The number of Topliss-reactive ketones (excluding diaryl/α,β-unsaturated/α-hetero) is 1. The molecule has 94 valence electrons. The van der Waals surface area contributed by atoms with E-state index in [0.717, 1.165) is 17.7 Å². The van der Waals surface area contributed by atoms with E-state index in [1.54, 1.807) is 25.7 Å². The van der Waals surface area contributed by atoms with Crippen LogP contribution in [0.2, 0.25) is 0 Å². The Morgan fingerprint density at radius 2 is 1.88 bits per heavy atom. The molecule has 0 spiro atoms. The summed E-state index contributed by atoms with van der Waals surface area (Å²) in [6, 6.07) is -0.0729. The monoisotopic (exact) mass is 238 g/mol. The number of rotatable bonds is 3. The first-order chi connectivity index (χ1) is 7.80. The van der Waals surface area contributed by atoms with Crippen molar-refractivity contribution in [1.29, 1.82) is 0 Å². The Kier molecular flexibility index (Phi) is 2.72. The molecule has 2 rings (SSSR count). The molecule has 5 heteroatoms. The molecule has 3 amide bonds. The quantitative estimate of drug-likeness (QED) is 0.690. The number of hydrogen-bond acceptors (Lipinski definition) is 3. The molecule has 1 aliphatic heterocycles. The summed E-state index contributed by atoms with van der Waals surface area (Å²) >= 11 is 0. The highest BCUT2D eigenvalue weighted by Gasteiger charge is 2.44. The average Bonchev–Trinajstić information content (AvgIpc) is 2.99. The summed E-state index contributed by atoms with van der Waals surface area (Å²) in [4.78, 5) is 38.1.